The van der Waals surface area contributed by atoms with Crippen molar-refractivity contribution in [2.24, 2.45) is 11.7 Å². The first-order valence-corrected chi connectivity index (χ1v) is 5.49. The molecule has 0 atom stereocenters. The van der Waals surface area contributed by atoms with E-state index in [9.17, 15) is 0 Å². The van der Waals surface area contributed by atoms with Gasteiger partial charge in [-0.3, -0.25) is 0 Å². The van der Waals surface area contributed by atoms with E-state index < -0.39 is 0 Å². The molecule has 2 nitrogen and oxygen atoms in total. The first-order chi connectivity index (χ1) is 7.22. The molecular weight excluding hydrogens is 184 g/mol. The van der Waals surface area contributed by atoms with Gasteiger partial charge < -0.3 is 10.3 Å². The summed E-state index contributed by atoms with van der Waals surface area (Å²) in [6.07, 6.45) is 2.19. The Bertz CT molecular complexity index is 455. The molecule has 2 heteroatoms. The monoisotopic (exact) mass is 202 g/mol. The van der Waals surface area contributed by atoms with Gasteiger partial charge in [0.1, 0.15) is 0 Å². The minimum atomic E-state index is 0.617. The molecule has 0 aliphatic heterocycles. The maximum atomic E-state index is 5.75. The topological polar surface area (TPSA) is 30.9 Å². The molecule has 1 aromatic heterocycles. The SMILES string of the molecule is CC(C)Cn1cc(CN)c2ccccc21. The molecule has 15 heavy (non-hydrogen) atoms. The van der Waals surface area contributed by atoms with Crippen molar-refractivity contribution in [3.05, 3.63) is 36.0 Å². The molecule has 0 aliphatic carbocycles. The molecule has 0 unspecified atom stereocenters. The summed E-state index contributed by atoms with van der Waals surface area (Å²) >= 11 is 0. The number of nitrogens with two attached hydrogens (primary N) is 1. The van der Waals surface area contributed by atoms with Crippen molar-refractivity contribution < 1.29 is 0 Å². The Kier molecular flexibility index (Phi) is 2.78. The molecular formula is C13H18N2. The first kappa shape index (κ1) is 10.2. The van der Waals surface area contributed by atoms with Crippen LogP contribution < -0.4 is 5.73 Å². The van der Waals surface area contributed by atoms with Crippen molar-refractivity contribution >= 4 is 10.9 Å². The molecule has 0 bridgehead atoms. The van der Waals surface area contributed by atoms with Crippen LogP contribution >= 0.6 is 0 Å². The number of hydrogen-bond donors (Lipinski definition) is 1. The molecule has 1 heterocycles. The minimum Gasteiger partial charge on any atom is -0.347 e. The third-order valence-corrected chi connectivity index (χ3v) is 2.65. The van der Waals surface area contributed by atoms with Crippen molar-refractivity contribution in [3.63, 3.8) is 0 Å². The van der Waals surface area contributed by atoms with E-state index in [2.05, 4.69) is 48.9 Å². The van der Waals surface area contributed by atoms with Gasteiger partial charge in [-0.1, -0.05) is 32.0 Å². The molecule has 0 spiro atoms. The van der Waals surface area contributed by atoms with Crippen LogP contribution in [0.3, 0.4) is 0 Å². The fourth-order valence-electron chi connectivity index (χ4n) is 2.03. The van der Waals surface area contributed by atoms with Gasteiger partial charge in [0.25, 0.3) is 0 Å². The zero-order chi connectivity index (χ0) is 10.8. The predicted molar refractivity (Wildman–Crippen MR) is 64.7 cm³/mol. The molecule has 2 N–H and O–H groups in total. The molecule has 0 fully saturated rings. The number of nitrogens with zero attached hydrogens (tertiary/aromatic N) is 1. The van der Waals surface area contributed by atoms with Gasteiger partial charge in [0.2, 0.25) is 0 Å². The molecule has 80 valence electrons. The smallest absolute Gasteiger partial charge is 0.0483 e. The molecule has 0 amide bonds. The van der Waals surface area contributed by atoms with Gasteiger partial charge >= 0.3 is 0 Å². The fourth-order valence-corrected chi connectivity index (χ4v) is 2.03. The van der Waals surface area contributed by atoms with E-state index in [0.29, 0.717) is 12.5 Å². The highest BCUT2D eigenvalue weighted by atomic mass is 15.0. The van der Waals surface area contributed by atoms with Gasteiger partial charge in [0, 0.05) is 30.2 Å². The van der Waals surface area contributed by atoms with E-state index in [-0.39, 0.29) is 0 Å². The lowest BCUT2D eigenvalue weighted by Gasteiger charge is -2.07. The van der Waals surface area contributed by atoms with Gasteiger partial charge in [0.05, 0.1) is 0 Å². The Morgan fingerprint density at radius 3 is 2.67 bits per heavy atom. The number of benzene rings is 1. The van der Waals surface area contributed by atoms with Crippen molar-refractivity contribution in [3.8, 4) is 0 Å². The summed E-state index contributed by atoms with van der Waals surface area (Å²) < 4.78 is 2.31. The fraction of sp³-hybridized carbons (Fsp3) is 0.385. The van der Waals surface area contributed by atoms with Gasteiger partial charge in [0.15, 0.2) is 0 Å². The molecule has 0 radical (unpaired) electrons. The van der Waals surface area contributed by atoms with E-state index >= 15 is 0 Å². The maximum Gasteiger partial charge on any atom is 0.0483 e. The zero-order valence-corrected chi connectivity index (χ0v) is 9.40. The van der Waals surface area contributed by atoms with Crippen LogP contribution in [-0.2, 0) is 13.1 Å². The Balaban J connectivity index is 2.55. The average molecular weight is 202 g/mol. The summed E-state index contributed by atoms with van der Waals surface area (Å²) in [5.74, 6) is 0.659. The largest absolute Gasteiger partial charge is 0.347 e. The molecule has 2 aromatic rings. The zero-order valence-electron chi connectivity index (χ0n) is 9.40. The van der Waals surface area contributed by atoms with E-state index in [1.54, 1.807) is 0 Å². The summed E-state index contributed by atoms with van der Waals surface area (Å²) in [4.78, 5) is 0. The molecule has 0 saturated heterocycles. The molecule has 0 saturated carbocycles. The van der Waals surface area contributed by atoms with Crippen molar-refractivity contribution in [2.45, 2.75) is 26.9 Å². The quantitative estimate of drug-likeness (QED) is 0.815. The van der Waals surface area contributed by atoms with Crippen LogP contribution in [0.1, 0.15) is 19.4 Å². The van der Waals surface area contributed by atoms with Crippen LogP contribution in [0.25, 0.3) is 10.9 Å². The molecule has 0 aliphatic rings. The van der Waals surface area contributed by atoms with Crippen molar-refractivity contribution in [2.75, 3.05) is 0 Å². The standard InChI is InChI=1S/C13H18N2/c1-10(2)8-15-9-11(7-14)12-5-3-4-6-13(12)15/h3-6,9-10H,7-8,14H2,1-2H3. The number of rotatable bonds is 3. The van der Waals surface area contributed by atoms with Crippen LogP contribution in [0.5, 0.6) is 0 Å². The van der Waals surface area contributed by atoms with E-state index in [1.807, 2.05) is 0 Å². The van der Waals surface area contributed by atoms with E-state index in [4.69, 9.17) is 5.73 Å². The second-order valence-electron chi connectivity index (χ2n) is 4.42. The lowest BCUT2D eigenvalue weighted by atomic mass is 10.2. The average Bonchev–Trinajstić information content (AvgIpc) is 2.56. The van der Waals surface area contributed by atoms with Gasteiger partial charge in [-0.15, -0.1) is 0 Å². The number of para-hydroxylation sites is 1. The normalized spacial score (nSPS) is 11.5. The third-order valence-electron chi connectivity index (χ3n) is 2.65. The lowest BCUT2D eigenvalue weighted by Crippen LogP contribution is -2.02. The molecule has 2 rings (SSSR count). The van der Waals surface area contributed by atoms with Crippen LogP contribution in [-0.4, -0.2) is 4.57 Å². The van der Waals surface area contributed by atoms with E-state index in [0.717, 1.165) is 6.54 Å². The van der Waals surface area contributed by atoms with Crippen LogP contribution in [0.15, 0.2) is 30.5 Å². The Hall–Kier alpha value is -1.28. The summed E-state index contributed by atoms with van der Waals surface area (Å²) in [6, 6.07) is 8.46. The van der Waals surface area contributed by atoms with Crippen LogP contribution in [0.2, 0.25) is 0 Å². The van der Waals surface area contributed by atoms with E-state index in [1.165, 1.54) is 16.5 Å². The minimum absolute atomic E-state index is 0.617. The highest BCUT2D eigenvalue weighted by Gasteiger charge is 2.07. The molecule has 1 aromatic carbocycles. The van der Waals surface area contributed by atoms with Gasteiger partial charge in [-0.05, 0) is 17.5 Å². The second-order valence-corrected chi connectivity index (χ2v) is 4.42. The Morgan fingerprint density at radius 2 is 2.00 bits per heavy atom. The predicted octanol–water partition coefficient (Wildman–Crippen LogP) is 2.76. The maximum absolute atomic E-state index is 5.75. The highest BCUT2D eigenvalue weighted by molar-refractivity contribution is 5.83. The van der Waals surface area contributed by atoms with Gasteiger partial charge in [-0.2, -0.15) is 0 Å². The van der Waals surface area contributed by atoms with Crippen molar-refractivity contribution in [1.29, 1.82) is 0 Å². The first-order valence-electron chi connectivity index (χ1n) is 5.49. The Morgan fingerprint density at radius 1 is 1.27 bits per heavy atom. The summed E-state index contributed by atoms with van der Waals surface area (Å²) in [6.45, 7) is 6.14. The van der Waals surface area contributed by atoms with Gasteiger partial charge in [-0.25, -0.2) is 0 Å². The second kappa shape index (κ2) is 4.07. The third kappa shape index (κ3) is 1.90. The lowest BCUT2D eigenvalue weighted by molar-refractivity contribution is 0.534. The van der Waals surface area contributed by atoms with Crippen molar-refractivity contribution in [1.82, 2.24) is 4.57 Å². The summed E-state index contributed by atoms with van der Waals surface area (Å²) in [5, 5.41) is 1.29. The van der Waals surface area contributed by atoms with Crippen LogP contribution in [0, 0.1) is 5.92 Å². The number of hydrogen-bond acceptors (Lipinski definition) is 1. The van der Waals surface area contributed by atoms with Crippen LogP contribution in [0.4, 0.5) is 0 Å². The number of fused-ring (bicyclic) bond motifs is 1. The summed E-state index contributed by atoms with van der Waals surface area (Å²) in [5.41, 5.74) is 8.29. The highest BCUT2D eigenvalue weighted by Crippen LogP contribution is 2.21. The number of aromatic nitrogens is 1. The summed E-state index contributed by atoms with van der Waals surface area (Å²) in [7, 11) is 0. The Labute approximate surface area is 90.7 Å².